The van der Waals surface area contributed by atoms with E-state index in [1.165, 1.54) is 0 Å². The van der Waals surface area contributed by atoms with Crippen molar-refractivity contribution in [2.24, 2.45) is 0 Å². The number of hydrogen-bond acceptors (Lipinski definition) is 5. The van der Waals surface area contributed by atoms with E-state index in [0.717, 1.165) is 22.0 Å². The van der Waals surface area contributed by atoms with Crippen LogP contribution in [0.15, 0.2) is 29.6 Å². The number of aryl methyl sites for hydroxylation is 1. The maximum Gasteiger partial charge on any atom is 0.224 e. The van der Waals surface area contributed by atoms with Crippen molar-refractivity contribution in [3.63, 3.8) is 0 Å². The third-order valence-electron chi connectivity index (χ3n) is 3.96. The van der Waals surface area contributed by atoms with Crippen LogP contribution in [0.1, 0.15) is 45.7 Å². The van der Waals surface area contributed by atoms with Gasteiger partial charge in [0.25, 0.3) is 0 Å². The molecular formula is C19H27N3O3S2. The van der Waals surface area contributed by atoms with Crippen molar-refractivity contribution in [1.29, 1.82) is 0 Å². The van der Waals surface area contributed by atoms with Crippen molar-refractivity contribution >= 4 is 33.0 Å². The second-order valence-corrected chi connectivity index (χ2v) is 10.8. The van der Waals surface area contributed by atoms with Crippen LogP contribution in [0.25, 0.3) is 10.6 Å². The van der Waals surface area contributed by atoms with E-state index in [9.17, 15) is 13.2 Å². The average molecular weight is 410 g/mol. The number of benzene rings is 1. The molecule has 2 N–H and O–H groups in total. The summed E-state index contributed by atoms with van der Waals surface area (Å²) in [5, 5.41) is 5.83. The third kappa shape index (κ3) is 6.41. The first-order valence-corrected chi connectivity index (χ1v) is 11.3. The molecular weight excluding hydrogens is 382 g/mol. The molecule has 1 aromatic heterocycles. The lowest BCUT2D eigenvalue weighted by Gasteiger charge is -2.19. The number of nitrogens with zero attached hydrogens (tertiary/aromatic N) is 1. The van der Waals surface area contributed by atoms with Gasteiger partial charge in [0.1, 0.15) is 5.01 Å². The molecule has 8 heteroatoms. The van der Waals surface area contributed by atoms with Gasteiger partial charge in [0, 0.05) is 35.3 Å². The molecule has 0 bridgehead atoms. The Balaban J connectivity index is 1.73. The van der Waals surface area contributed by atoms with Crippen molar-refractivity contribution in [1.82, 2.24) is 9.71 Å². The molecule has 1 aromatic carbocycles. The van der Waals surface area contributed by atoms with Gasteiger partial charge in [-0.05, 0) is 64.8 Å². The monoisotopic (exact) mass is 409 g/mol. The number of sulfonamides is 1. The number of rotatable bonds is 8. The maximum atomic E-state index is 12.0. The molecule has 0 fully saturated rings. The van der Waals surface area contributed by atoms with Gasteiger partial charge in [-0.2, -0.15) is 0 Å². The van der Waals surface area contributed by atoms with E-state index in [4.69, 9.17) is 0 Å². The molecule has 1 heterocycles. The zero-order chi connectivity index (χ0) is 20.1. The zero-order valence-corrected chi connectivity index (χ0v) is 17.8. The van der Waals surface area contributed by atoms with Crippen molar-refractivity contribution < 1.29 is 13.2 Å². The quantitative estimate of drug-likeness (QED) is 0.646. The minimum Gasteiger partial charge on any atom is -0.326 e. The van der Waals surface area contributed by atoms with Gasteiger partial charge in [-0.25, -0.2) is 18.1 Å². The molecule has 0 radical (unpaired) electrons. The highest BCUT2D eigenvalue weighted by molar-refractivity contribution is 7.90. The standard InChI is InChI=1S/C19H27N3O3S2/c1-14-13-26-18(21-14)15-8-10-16(11-9-15)22-17(23)7-5-6-12-20-27(24,25)19(2,3)4/h8-11,13,20H,5-7,12H2,1-4H3,(H,22,23). The largest absolute Gasteiger partial charge is 0.326 e. The summed E-state index contributed by atoms with van der Waals surface area (Å²) in [6.45, 7) is 7.27. The van der Waals surface area contributed by atoms with Gasteiger partial charge in [0.05, 0.1) is 4.75 Å². The van der Waals surface area contributed by atoms with Crippen molar-refractivity contribution in [2.75, 3.05) is 11.9 Å². The van der Waals surface area contributed by atoms with Crippen molar-refractivity contribution in [3.05, 3.63) is 35.3 Å². The lowest BCUT2D eigenvalue weighted by molar-refractivity contribution is -0.116. The van der Waals surface area contributed by atoms with E-state index in [1.807, 2.05) is 36.6 Å². The summed E-state index contributed by atoms with van der Waals surface area (Å²) in [5.41, 5.74) is 2.76. The second kappa shape index (κ2) is 8.95. The van der Waals surface area contributed by atoms with Gasteiger partial charge >= 0.3 is 0 Å². The molecule has 148 valence electrons. The Morgan fingerprint density at radius 3 is 2.37 bits per heavy atom. The number of carbonyl (C=O) groups excluding carboxylic acids is 1. The van der Waals surface area contributed by atoms with Gasteiger partial charge in [0.2, 0.25) is 15.9 Å². The van der Waals surface area contributed by atoms with Gasteiger partial charge < -0.3 is 5.32 Å². The van der Waals surface area contributed by atoms with Gasteiger partial charge in [-0.3, -0.25) is 4.79 Å². The minimum absolute atomic E-state index is 0.0773. The third-order valence-corrected chi connectivity index (χ3v) is 7.17. The van der Waals surface area contributed by atoms with E-state index >= 15 is 0 Å². The van der Waals surface area contributed by atoms with Crippen LogP contribution in [-0.2, 0) is 14.8 Å². The molecule has 0 aliphatic carbocycles. The summed E-state index contributed by atoms with van der Waals surface area (Å²) < 4.78 is 25.6. The molecule has 27 heavy (non-hydrogen) atoms. The number of aromatic nitrogens is 1. The Kier molecular flexibility index (Phi) is 7.13. The van der Waals surface area contributed by atoms with Crippen LogP contribution in [0.2, 0.25) is 0 Å². The van der Waals surface area contributed by atoms with E-state index in [1.54, 1.807) is 32.1 Å². The second-order valence-electron chi connectivity index (χ2n) is 7.39. The zero-order valence-electron chi connectivity index (χ0n) is 16.2. The SMILES string of the molecule is Cc1csc(-c2ccc(NC(=O)CCCCNS(=O)(=O)C(C)(C)C)cc2)n1. The van der Waals surface area contributed by atoms with Crippen LogP contribution in [0.4, 0.5) is 5.69 Å². The van der Waals surface area contributed by atoms with Crippen LogP contribution < -0.4 is 10.0 Å². The Bertz CT molecular complexity index is 866. The number of carbonyl (C=O) groups is 1. The molecule has 0 saturated heterocycles. The highest BCUT2D eigenvalue weighted by Crippen LogP contribution is 2.24. The maximum absolute atomic E-state index is 12.0. The van der Waals surface area contributed by atoms with Crippen LogP contribution in [0.3, 0.4) is 0 Å². The lowest BCUT2D eigenvalue weighted by Crippen LogP contribution is -2.39. The Morgan fingerprint density at radius 2 is 1.81 bits per heavy atom. The summed E-state index contributed by atoms with van der Waals surface area (Å²) in [6.07, 6.45) is 1.59. The van der Waals surface area contributed by atoms with Crippen molar-refractivity contribution in [2.45, 2.75) is 51.7 Å². The van der Waals surface area contributed by atoms with E-state index in [0.29, 0.717) is 25.8 Å². The molecule has 2 aromatic rings. The predicted molar refractivity (Wildman–Crippen MR) is 111 cm³/mol. The number of anilines is 1. The fourth-order valence-corrected chi connectivity index (χ4v) is 3.89. The molecule has 2 rings (SSSR count). The minimum atomic E-state index is -3.33. The number of amides is 1. The normalized spacial score (nSPS) is 12.1. The van der Waals surface area contributed by atoms with Crippen LogP contribution in [0.5, 0.6) is 0 Å². The summed E-state index contributed by atoms with van der Waals surface area (Å²) in [4.78, 5) is 16.5. The average Bonchev–Trinajstić information content (AvgIpc) is 3.00. The molecule has 0 unspecified atom stereocenters. The molecule has 0 aliphatic rings. The van der Waals surface area contributed by atoms with E-state index < -0.39 is 14.8 Å². The van der Waals surface area contributed by atoms with Gasteiger partial charge in [-0.1, -0.05) is 0 Å². The molecule has 1 amide bonds. The Hall–Kier alpha value is -1.77. The van der Waals surface area contributed by atoms with Gasteiger partial charge in [0.15, 0.2) is 0 Å². The molecule has 0 saturated carbocycles. The molecule has 0 atom stereocenters. The number of nitrogens with one attached hydrogen (secondary N) is 2. The molecule has 0 spiro atoms. The highest BCUT2D eigenvalue weighted by Gasteiger charge is 2.27. The first-order valence-electron chi connectivity index (χ1n) is 8.90. The smallest absolute Gasteiger partial charge is 0.224 e. The lowest BCUT2D eigenvalue weighted by atomic mass is 10.2. The summed E-state index contributed by atoms with van der Waals surface area (Å²) in [7, 11) is -3.33. The first kappa shape index (κ1) is 21.5. The first-order chi connectivity index (χ1) is 12.6. The van der Waals surface area contributed by atoms with Gasteiger partial charge in [-0.15, -0.1) is 11.3 Å². The predicted octanol–water partition coefficient (Wildman–Crippen LogP) is 3.95. The van der Waals surface area contributed by atoms with E-state index in [-0.39, 0.29) is 5.91 Å². The van der Waals surface area contributed by atoms with Crippen LogP contribution in [-0.4, -0.2) is 30.6 Å². The van der Waals surface area contributed by atoms with E-state index in [2.05, 4.69) is 15.0 Å². The Labute approximate surface area is 165 Å². The Morgan fingerprint density at radius 1 is 1.15 bits per heavy atom. The van der Waals surface area contributed by atoms with Crippen LogP contribution >= 0.6 is 11.3 Å². The fraction of sp³-hybridized carbons (Fsp3) is 0.474. The summed E-state index contributed by atoms with van der Waals surface area (Å²) in [6, 6.07) is 7.60. The molecule has 0 aliphatic heterocycles. The highest BCUT2D eigenvalue weighted by atomic mass is 32.2. The number of unbranched alkanes of at least 4 members (excludes halogenated alkanes) is 1. The van der Waals surface area contributed by atoms with Crippen molar-refractivity contribution in [3.8, 4) is 10.6 Å². The van der Waals surface area contributed by atoms with Crippen LogP contribution in [0, 0.1) is 6.92 Å². The topological polar surface area (TPSA) is 88.2 Å². The summed E-state index contributed by atoms with van der Waals surface area (Å²) in [5.74, 6) is -0.0773. The number of hydrogen-bond donors (Lipinski definition) is 2. The number of thiazole rings is 1. The molecule has 6 nitrogen and oxygen atoms in total. The summed E-state index contributed by atoms with van der Waals surface area (Å²) >= 11 is 1.59. The fourth-order valence-electron chi connectivity index (χ4n) is 2.24.